The summed E-state index contributed by atoms with van der Waals surface area (Å²) in [5.41, 5.74) is 3.83. The number of rotatable bonds is 4. The minimum absolute atomic E-state index is 0.0507. The Labute approximate surface area is 179 Å². The second-order valence-electron chi connectivity index (χ2n) is 6.06. The maximum Gasteiger partial charge on any atom is 0.203 e. The van der Waals surface area contributed by atoms with Gasteiger partial charge in [-0.3, -0.25) is 4.79 Å². The van der Waals surface area contributed by atoms with Gasteiger partial charge in [-0.1, -0.05) is 74.3 Å². The van der Waals surface area contributed by atoms with E-state index in [1.165, 1.54) is 0 Å². The van der Waals surface area contributed by atoms with Crippen LogP contribution in [0.15, 0.2) is 93.9 Å². The summed E-state index contributed by atoms with van der Waals surface area (Å²) in [4.78, 5) is 15.1. The number of benzene rings is 3. The van der Waals surface area contributed by atoms with Crippen LogP contribution in [-0.4, -0.2) is 5.78 Å². The van der Waals surface area contributed by atoms with Crippen LogP contribution in [0.2, 0.25) is 0 Å². The molecule has 0 saturated carbocycles. The summed E-state index contributed by atoms with van der Waals surface area (Å²) in [7, 11) is 0. The summed E-state index contributed by atoms with van der Waals surface area (Å²) in [5.74, 6) is 0.0507. The van der Waals surface area contributed by atoms with Crippen LogP contribution in [0, 0.1) is 0 Å². The van der Waals surface area contributed by atoms with Crippen LogP contribution in [0.3, 0.4) is 0 Å². The van der Waals surface area contributed by atoms with E-state index in [0.29, 0.717) is 5.56 Å². The van der Waals surface area contributed by atoms with E-state index in [9.17, 15) is 4.79 Å². The Balaban J connectivity index is 1.84. The summed E-state index contributed by atoms with van der Waals surface area (Å²) >= 11 is 8.45. The van der Waals surface area contributed by atoms with Gasteiger partial charge >= 0.3 is 0 Å². The highest BCUT2D eigenvalue weighted by Crippen LogP contribution is 2.39. The number of thiophene rings is 1. The second-order valence-corrected chi connectivity index (χ2v) is 8.95. The molecule has 132 valence electrons. The largest absolute Gasteiger partial charge is 0.288 e. The first-order valence-corrected chi connectivity index (χ1v) is 10.8. The smallest absolute Gasteiger partial charge is 0.203 e. The molecule has 4 rings (SSSR count). The lowest BCUT2D eigenvalue weighted by molar-refractivity contribution is 0.104. The summed E-state index contributed by atoms with van der Waals surface area (Å²) in [5, 5.41) is 0. The lowest BCUT2D eigenvalue weighted by Gasteiger charge is -2.04. The van der Waals surface area contributed by atoms with Crippen LogP contribution in [0.25, 0.3) is 21.6 Å². The van der Waals surface area contributed by atoms with Crippen molar-refractivity contribution in [1.82, 2.24) is 0 Å². The normalized spacial score (nSPS) is 10.7. The number of hydrogen-bond donors (Lipinski definition) is 0. The van der Waals surface area contributed by atoms with Gasteiger partial charge in [0, 0.05) is 24.9 Å². The van der Waals surface area contributed by atoms with Gasteiger partial charge in [0.1, 0.15) is 0 Å². The molecule has 0 N–H and O–H groups in total. The van der Waals surface area contributed by atoms with Gasteiger partial charge in [-0.05, 0) is 53.6 Å². The molecule has 0 aliphatic carbocycles. The van der Waals surface area contributed by atoms with E-state index in [0.717, 1.165) is 35.4 Å². The van der Waals surface area contributed by atoms with E-state index in [2.05, 4.69) is 50.1 Å². The van der Waals surface area contributed by atoms with Crippen LogP contribution < -0.4 is 0 Å². The first-order chi connectivity index (χ1) is 13.1. The average molecular weight is 498 g/mol. The van der Waals surface area contributed by atoms with E-state index in [4.69, 9.17) is 0 Å². The Morgan fingerprint density at radius 2 is 1.30 bits per heavy atom. The molecule has 0 aliphatic heterocycles. The third-order valence-corrected chi connectivity index (χ3v) is 6.50. The zero-order valence-corrected chi connectivity index (χ0v) is 18.1. The van der Waals surface area contributed by atoms with Gasteiger partial charge < -0.3 is 0 Å². The van der Waals surface area contributed by atoms with Gasteiger partial charge in [0.15, 0.2) is 0 Å². The molecule has 1 heterocycles. The molecule has 27 heavy (non-hydrogen) atoms. The Morgan fingerprint density at radius 3 is 1.93 bits per heavy atom. The van der Waals surface area contributed by atoms with Crippen molar-refractivity contribution >= 4 is 49.0 Å². The molecule has 0 bridgehead atoms. The zero-order valence-electron chi connectivity index (χ0n) is 14.2. The summed E-state index contributed by atoms with van der Waals surface area (Å²) in [6.07, 6.45) is 0. The Hall–Kier alpha value is -2.01. The van der Waals surface area contributed by atoms with Crippen molar-refractivity contribution in [2.75, 3.05) is 0 Å². The fourth-order valence-corrected chi connectivity index (χ4v) is 4.56. The Kier molecular flexibility index (Phi) is 5.39. The van der Waals surface area contributed by atoms with E-state index in [1.54, 1.807) is 11.3 Å². The lowest BCUT2D eigenvalue weighted by atomic mass is 10.0. The molecule has 4 heteroatoms. The van der Waals surface area contributed by atoms with Gasteiger partial charge in [0.2, 0.25) is 5.78 Å². The molecule has 0 fully saturated rings. The minimum Gasteiger partial charge on any atom is -0.288 e. The lowest BCUT2D eigenvalue weighted by Crippen LogP contribution is -2.00. The number of halogens is 2. The van der Waals surface area contributed by atoms with Gasteiger partial charge in [-0.15, -0.1) is 11.3 Å². The molecular weight excluding hydrogens is 484 g/mol. The first-order valence-electron chi connectivity index (χ1n) is 8.37. The maximum atomic E-state index is 13.2. The maximum absolute atomic E-state index is 13.2. The number of carbonyl (C=O) groups is 1. The average Bonchev–Trinajstić information content (AvgIpc) is 3.15. The summed E-state index contributed by atoms with van der Waals surface area (Å²) < 4.78 is 2.00. The van der Waals surface area contributed by atoms with Crippen molar-refractivity contribution in [3.8, 4) is 21.6 Å². The SMILES string of the molecule is O=C(c1ccc(Br)cc1)c1sc(-c2ccc(Br)cc2)cc1-c1ccccc1. The van der Waals surface area contributed by atoms with Crippen molar-refractivity contribution < 1.29 is 4.79 Å². The highest BCUT2D eigenvalue weighted by atomic mass is 79.9. The fraction of sp³-hybridized carbons (Fsp3) is 0. The molecule has 1 nitrogen and oxygen atoms in total. The molecule has 0 unspecified atom stereocenters. The van der Waals surface area contributed by atoms with Crippen molar-refractivity contribution in [3.05, 3.63) is 104 Å². The number of ketones is 1. The molecule has 4 aromatic rings. The minimum atomic E-state index is 0.0507. The van der Waals surface area contributed by atoms with E-state index < -0.39 is 0 Å². The number of hydrogen-bond acceptors (Lipinski definition) is 2. The van der Waals surface area contributed by atoms with Crippen molar-refractivity contribution in [3.63, 3.8) is 0 Å². The monoisotopic (exact) mass is 496 g/mol. The van der Waals surface area contributed by atoms with Crippen molar-refractivity contribution in [2.45, 2.75) is 0 Å². The highest BCUT2D eigenvalue weighted by Gasteiger charge is 2.19. The fourth-order valence-electron chi connectivity index (χ4n) is 2.88. The molecule has 0 saturated heterocycles. The van der Waals surface area contributed by atoms with Gasteiger partial charge in [-0.25, -0.2) is 0 Å². The van der Waals surface area contributed by atoms with Crippen LogP contribution in [0.5, 0.6) is 0 Å². The van der Waals surface area contributed by atoms with E-state index >= 15 is 0 Å². The quantitative estimate of drug-likeness (QED) is 0.262. The van der Waals surface area contributed by atoms with Gasteiger partial charge in [0.05, 0.1) is 4.88 Å². The van der Waals surface area contributed by atoms with Crippen LogP contribution in [0.1, 0.15) is 15.2 Å². The van der Waals surface area contributed by atoms with E-state index in [1.807, 2.05) is 66.7 Å². The van der Waals surface area contributed by atoms with Gasteiger partial charge in [0.25, 0.3) is 0 Å². The summed E-state index contributed by atoms with van der Waals surface area (Å²) in [6.45, 7) is 0. The molecule has 0 radical (unpaired) electrons. The third kappa shape index (κ3) is 3.98. The summed E-state index contributed by atoms with van der Waals surface area (Å²) in [6, 6.07) is 27.9. The van der Waals surface area contributed by atoms with Gasteiger partial charge in [-0.2, -0.15) is 0 Å². The molecule has 0 amide bonds. The first kappa shape index (κ1) is 18.4. The van der Waals surface area contributed by atoms with Crippen molar-refractivity contribution in [2.24, 2.45) is 0 Å². The molecule has 0 atom stereocenters. The number of carbonyl (C=O) groups excluding carboxylic acids is 1. The molecule has 0 aliphatic rings. The van der Waals surface area contributed by atoms with Crippen LogP contribution in [-0.2, 0) is 0 Å². The Morgan fingerprint density at radius 1 is 0.704 bits per heavy atom. The molecule has 3 aromatic carbocycles. The Bertz CT molecular complexity index is 1080. The van der Waals surface area contributed by atoms with Crippen molar-refractivity contribution in [1.29, 1.82) is 0 Å². The van der Waals surface area contributed by atoms with Crippen LogP contribution in [0.4, 0.5) is 0 Å². The second kappa shape index (κ2) is 7.93. The zero-order chi connectivity index (χ0) is 18.8. The standard InChI is InChI=1S/C23H14Br2OS/c24-18-10-6-16(7-11-18)21-14-20(15-4-2-1-3-5-15)23(27-21)22(26)17-8-12-19(25)13-9-17/h1-14H. The van der Waals surface area contributed by atoms with Crippen LogP contribution >= 0.6 is 43.2 Å². The van der Waals surface area contributed by atoms with E-state index in [-0.39, 0.29) is 5.78 Å². The predicted molar refractivity (Wildman–Crippen MR) is 120 cm³/mol. The highest BCUT2D eigenvalue weighted by molar-refractivity contribution is 9.10. The topological polar surface area (TPSA) is 17.1 Å². The molecule has 0 spiro atoms. The predicted octanol–water partition coefficient (Wildman–Crippen LogP) is 7.84. The molecule has 1 aromatic heterocycles. The molecular formula is C23H14Br2OS. The third-order valence-electron chi connectivity index (χ3n) is 4.26.